The van der Waals surface area contributed by atoms with E-state index in [0.717, 1.165) is 12.5 Å². The topological polar surface area (TPSA) is 93.4 Å². The van der Waals surface area contributed by atoms with E-state index in [1.54, 1.807) is 4.90 Å². The number of benzene rings is 1. The van der Waals surface area contributed by atoms with Gasteiger partial charge in [-0.25, -0.2) is 9.37 Å². The molecule has 1 amide bonds. The molecule has 1 aliphatic rings. The highest BCUT2D eigenvalue weighted by Crippen LogP contribution is 2.23. The molecule has 7 nitrogen and oxygen atoms in total. The van der Waals surface area contributed by atoms with Crippen LogP contribution < -0.4 is 15.8 Å². The van der Waals surface area contributed by atoms with Gasteiger partial charge >= 0.3 is 0 Å². The Hall–Kier alpha value is -2.61. The number of likely N-dealkylation sites (tertiary alicyclic amines) is 1. The molecular weight excluding hydrogens is 349 g/mol. The summed E-state index contributed by atoms with van der Waals surface area (Å²) in [5.41, 5.74) is 5.74. The van der Waals surface area contributed by atoms with Crippen LogP contribution >= 0.6 is 11.6 Å². The Morgan fingerprint density at radius 3 is 3.04 bits per heavy atom. The van der Waals surface area contributed by atoms with Crippen LogP contribution in [0, 0.1) is 5.82 Å². The minimum Gasteiger partial charge on any atom is -0.480 e. The van der Waals surface area contributed by atoms with E-state index in [4.69, 9.17) is 22.1 Å². The number of methoxy groups -OCH3 is 1. The zero-order valence-electron chi connectivity index (χ0n) is 13.5. The van der Waals surface area contributed by atoms with Crippen molar-refractivity contribution in [1.29, 1.82) is 0 Å². The lowest BCUT2D eigenvalue weighted by Gasteiger charge is -2.17. The lowest BCUT2D eigenvalue weighted by atomic mass is 10.2. The van der Waals surface area contributed by atoms with Crippen molar-refractivity contribution in [2.75, 3.05) is 31.2 Å². The largest absolute Gasteiger partial charge is 0.480 e. The minimum absolute atomic E-state index is 0.0198. The number of rotatable bonds is 4. The van der Waals surface area contributed by atoms with Crippen LogP contribution in [0.3, 0.4) is 0 Å². The van der Waals surface area contributed by atoms with Crippen LogP contribution in [0.2, 0.25) is 5.02 Å². The Balaban J connectivity index is 1.65. The van der Waals surface area contributed by atoms with E-state index in [1.807, 2.05) is 0 Å². The summed E-state index contributed by atoms with van der Waals surface area (Å²) >= 11 is 5.90. The summed E-state index contributed by atoms with van der Waals surface area (Å²) in [6, 6.07) is 4.05. The molecule has 1 saturated heterocycles. The summed E-state index contributed by atoms with van der Waals surface area (Å²) in [5.74, 6) is -0.180. The molecule has 0 aliphatic carbocycles. The highest BCUT2D eigenvalue weighted by molar-refractivity contribution is 6.31. The first-order valence-corrected chi connectivity index (χ1v) is 8.03. The number of nitrogens with zero attached hydrogens (tertiary/aromatic N) is 3. The van der Waals surface area contributed by atoms with E-state index >= 15 is 0 Å². The maximum Gasteiger partial charge on any atom is 0.254 e. The Labute approximate surface area is 149 Å². The second-order valence-corrected chi connectivity index (χ2v) is 6.08. The molecule has 2 aromatic rings. The van der Waals surface area contributed by atoms with Gasteiger partial charge in [0.15, 0.2) is 0 Å². The fraction of sp³-hybridized carbons (Fsp3) is 0.312. The van der Waals surface area contributed by atoms with Crippen molar-refractivity contribution < 1.29 is 13.9 Å². The second kappa shape index (κ2) is 7.10. The molecule has 132 valence electrons. The average molecular weight is 366 g/mol. The summed E-state index contributed by atoms with van der Waals surface area (Å²) in [4.78, 5) is 22.4. The van der Waals surface area contributed by atoms with Crippen LogP contribution in [0.5, 0.6) is 5.88 Å². The molecule has 1 aliphatic heterocycles. The van der Waals surface area contributed by atoms with E-state index in [2.05, 4.69) is 15.3 Å². The van der Waals surface area contributed by atoms with Gasteiger partial charge in [-0.15, -0.1) is 0 Å². The molecule has 25 heavy (non-hydrogen) atoms. The number of ether oxygens (including phenoxy) is 1. The Morgan fingerprint density at radius 2 is 2.32 bits per heavy atom. The number of hydrogen-bond acceptors (Lipinski definition) is 6. The van der Waals surface area contributed by atoms with Crippen molar-refractivity contribution in [2.45, 2.75) is 12.5 Å². The van der Waals surface area contributed by atoms with Crippen LogP contribution in [0.1, 0.15) is 16.8 Å². The molecule has 0 radical (unpaired) electrons. The van der Waals surface area contributed by atoms with Crippen molar-refractivity contribution in [3.05, 3.63) is 40.8 Å². The lowest BCUT2D eigenvalue weighted by molar-refractivity contribution is 0.0791. The number of carbonyl (C=O) groups is 1. The van der Waals surface area contributed by atoms with Crippen molar-refractivity contribution in [1.82, 2.24) is 14.9 Å². The number of nitrogens with one attached hydrogen (secondary N) is 1. The molecule has 0 bridgehead atoms. The third-order valence-corrected chi connectivity index (χ3v) is 4.22. The van der Waals surface area contributed by atoms with Crippen molar-refractivity contribution in [3.63, 3.8) is 0 Å². The van der Waals surface area contributed by atoms with Crippen LogP contribution in [0.15, 0.2) is 24.4 Å². The smallest absolute Gasteiger partial charge is 0.254 e. The van der Waals surface area contributed by atoms with Gasteiger partial charge in [0.05, 0.1) is 19.0 Å². The number of nitrogens with two attached hydrogens (primary N) is 1. The first-order valence-electron chi connectivity index (χ1n) is 7.65. The fourth-order valence-corrected chi connectivity index (χ4v) is 2.82. The van der Waals surface area contributed by atoms with Gasteiger partial charge < -0.3 is 20.7 Å². The predicted octanol–water partition coefficient (Wildman–Crippen LogP) is 2.19. The lowest BCUT2D eigenvalue weighted by Crippen LogP contribution is -2.32. The standard InChI is InChI=1S/C16H17ClFN5O2/c1-25-14-11(17)7-20-16(22-14)21-10-4-5-23(8-10)15(24)9-2-3-13(19)12(18)6-9/h2-3,6-7,10H,4-5,8,19H2,1H3,(H,20,21,22)/t10-/m1/s1. The van der Waals surface area contributed by atoms with Crippen LogP contribution in [0.25, 0.3) is 0 Å². The van der Waals surface area contributed by atoms with Crippen LogP contribution in [0.4, 0.5) is 16.0 Å². The Bertz CT molecular complexity index is 804. The Morgan fingerprint density at radius 1 is 1.52 bits per heavy atom. The van der Waals surface area contributed by atoms with Crippen LogP contribution in [-0.4, -0.2) is 47.0 Å². The van der Waals surface area contributed by atoms with Gasteiger partial charge in [0, 0.05) is 24.7 Å². The third kappa shape index (κ3) is 3.74. The molecule has 3 rings (SSSR count). The molecule has 1 aromatic carbocycles. The monoisotopic (exact) mass is 365 g/mol. The van der Waals surface area contributed by atoms with Gasteiger partial charge in [-0.05, 0) is 24.6 Å². The molecule has 0 saturated carbocycles. The van der Waals surface area contributed by atoms with Crippen molar-refractivity contribution in [3.8, 4) is 5.88 Å². The highest BCUT2D eigenvalue weighted by Gasteiger charge is 2.28. The molecule has 1 aromatic heterocycles. The van der Waals surface area contributed by atoms with Gasteiger partial charge in [0.1, 0.15) is 10.8 Å². The summed E-state index contributed by atoms with van der Waals surface area (Å²) in [5, 5.41) is 3.47. The minimum atomic E-state index is -0.596. The molecule has 3 N–H and O–H groups in total. The zero-order valence-corrected chi connectivity index (χ0v) is 14.3. The van der Waals surface area contributed by atoms with E-state index in [0.29, 0.717) is 24.1 Å². The van der Waals surface area contributed by atoms with Gasteiger partial charge in [-0.1, -0.05) is 11.6 Å². The maximum atomic E-state index is 13.5. The van der Waals surface area contributed by atoms with E-state index in [-0.39, 0.29) is 29.1 Å². The fourth-order valence-electron chi connectivity index (χ4n) is 2.65. The van der Waals surface area contributed by atoms with Gasteiger partial charge in [0.2, 0.25) is 11.8 Å². The van der Waals surface area contributed by atoms with Crippen molar-refractivity contribution in [2.24, 2.45) is 0 Å². The highest BCUT2D eigenvalue weighted by atomic mass is 35.5. The van der Waals surface area contributed by atoms with Crippen LogP contribution in [-0.2, 0) is 0 Å². The summed E-state index contributed by atoms with van der Waals surface area (Å²) in [6.45, 7) is 1.01. The number of aromatic nitrogens is 2. The maximum absolute atomic E-state index is 13.5. The van der Waals surface area contributed by atoms with E-state index in [1.165, 1.54) is 25.4 Å². The predicted molar refractivity (Wildman–Crippen MR) is 92.3 cm³/mol. The molecule has 1 fully saturated rings. The molecule has 1 atom stereocenters. The van der Waals surface area contributed by atoms with Crippen molar-refractivity contribution >= 4 is 29.1 Å². The summed E-state index contributed by atoms with van der Waals surface area (Å²) in [7, 11) is 1.47. The average Bonchev–Trinajstić information content (AvgIpc) is 3.07. The number of halogens is 2. The molecule has 0 spiro atoms. The molecule has 9 heteroatoms. The van der Waals surface area contributed by atoms with Gasteiger partial charge in [-0.3, -0.25) is 4.79 Å². The molecular formula is C16H17ClFN5O2. The van der Waals surface area contributed by atoms with Gasteiger partial charge in [-0.2, -0.15) is 4.98 Å². The SMILES string of the molecule is COc1nc(N[C@@H]2CCN(C(=O)c3ccc(N)c(F)c3)C2)ncc1Cl. The van der Waals surface area contributed by atoms with E-state index < -0.39 is 5.82 Å². The molecule has 0 unspecified atom stereocenters. The quantitative estimate of drug-likeness (QED) is 0.807. The normalized spacial score (nSPS) is 16.8. The number of amides is 1. The molecule has 2 heterocycles. The van der Waals surface area contributed by atoms with E-state index in [9.17, 15) is 9.18 Å². The number of carbonyl (C=O) groups excluding carboxylic acids is 1. The second-order valence-electron chi connectivity index (χ2n) is 5.67. The Kier molecular flexibility index (Phi) is 4.89. The zero-order chi connectivity index (χ0) is 18.0. The number of anilines is 2. The third-order valence-electron chi connectivity index (χ3n) is 3.96. The summed E-state index contributed by atoms with van der Waals surface area (Å²) < 4.78 is 18.6. The number of hydrogen-bond donors (Lipinski definition) is 2. The van der Waals surface area contributed by atoms with Gasteiger partial charge in [0.25, 0.3) is 5.91 Å². The summed E-state index contributed by atoms with van der Waals surface area (Å²) in [6.07, 6.45) is 2.17. The first-order chi connectivity index (χ1) is 12.0. The number of nitrogen functional groups attached to an aromatic ring is 1. The first kappa shape index (κ1) is 17.2.